The highest BCUT2D eigenvalue weighted by Gasteiger charge is 2.59. The van der Waals surface area contributed by atoms with Crippen molar-refractivity contribution in [3.8, 4) is 0 Å². The zero-order valence-electron chi connectivity index (χ0n) is 46.6. The fraction of sp³-hybridized carbons (Fsp3) is 0.414. The van der Waals surface area contributed by atoms with Crippen LogP contribution in [0.1, 0.15) is 83.0 Å². The largest absolute Gasteiger partial charge is 0.459 e. The SMILES string of the molecule is CC(=O)O[C@@H]1[C@@H](OC(C)=O)[C@@H](OC(=N)C(Cl)(Cl)Cl)O[C@H](CO[C@@H]2O[C@H](COC(=O)c3ccccc3)[C@@H](O[C@@H]3O[C@@H](C)[C@H](OC(=O)c4ccccc4)[C@@H](OC(=O)c4ccccc4)[C@H]3OC(=O)c3ccccc3)[C@H](OC(C)=O)[C@H]2OC(C)=O)[C@H]1OC(C)=O. The maximum Gasteiger partial charge on any atom is 0.338 e. The molecule has 28 heteroatoms. The Balaban J connectivity index is 1.33. The van der Waals surface area contributed by atoms with Gasteiger partial charge >= 0.3 is 53.7 Å². The number of benzene rings is 4. The number of halogens is 3. The van der Waals surface area contributed by atoms with Gasteiger partial charge in [0.25, 0.3) is 3.79 Å². The van der Waals surface area contributed by atoms with E-state index in [1.165, 1.54) is 55.5 Å². The van der Waals surface area contributed by atoms with E-state index in [2.05, 4.69) is 0 Å². The number of rotatable bonds is 20. The monoisotopic (exact) mass is 1260 g/mol. The number of alkyl halides is 3. The summed E-state index contributed by atoms with van der Waals surface area (Å²) in [5, 5.41) is 8.32. The van der Waals surface area contributed by atoms with Crippen LogP contribution in [0.25, 0.3) is 0 Å². The Labute approximate surface area is 506 Å². The van der Waals surface area contributed by atoms with E-state index in [9.17, 15) is 43.2 Å². The number of esters is 9. The molecule has 1 N–H and O–H groups in total. The molecule has 25 nitrogen and oxygen atoms in total. The van der Waals surface area contributed by atoms with Crippen LogP contribution >= 0.6 is 34.8 Å². The fourth-order valence-corrected chi connectivity index (χ4v) is 9.32. The molecule has 3 fully saturated rings. The molecular weight excluding hydrogens is 1200 g/mol. The summed E-state index contributed by atoms with van der Waals surface area (Å²) in [6.07, 6.45) is -27.3. The molecule has 3 heterocycles. The number of carbonyl (C=O) groups excluding carboxylic acids is 9. The van der Waals surface area contributed by atoms with Crippen molar-refractivity contribution in [3.05, 3.63) is 144 Å². The molecule has 0 unspecified atom stereocenters. The number of ether oxygens (including phenoxy) is 15. The number of hydrogen-bond donors (Lipinski definition) is 1. The van der Waals surface area contributed by atoms with E-state index in [1.807, 2.05) is 0 Å². The van der Waals surface area contributed by atoms with Crippen molar-refractivity contribution in [1.29, 1.82) is 5.41 Å². The van der Waals surface area contributed by atoms with Gasteiger partial charge in [-0.1, -0.05) is 108 Å². The molecule has 7 rings (SSSR count). The Kier molecular flexibility index (Phi) is 23.0. The summed E-state index contributed by atoms with van der Waals surface area (Å²) in [7, 11) is 0. The van der Waals surface area contributed by atoms with Crippen molar-refractivity contribution in [1.82, 2.24) is 0 Å². The lowest BCUT2D eigenvalue weighted by molar-refractivity contribution is -0.360. The lowest BCUT2D eigenvalue weighted by Crippen LogP contribution is -2.67. The predicted molar refractivity (Wildman–Crippen MR) is 293 cm³/mol. The van der Waals surface area contributed by atoms with Gasteiger partial charge in [-0.2, -0.15) is 0 Å². The smallest absolute Gasteiger partial charge is 0.338 e. The molecule has 3 aliphatic heterocycles. The van der Waals surface area contributed by atoms with Crippen LogP contribution in [-0.4, -0.2) is 169 Å². The summed E-state index contributed by atoms with van der Waals surface area (Å²) in [6.45, 7) is 4.58. The molecule has 86 heavy (non-hydrogen) atoms. The second-order valence-corrected chi connectivity index (χ2v) is 21.5. The van der Waals surface area contributed by atoms with Crippen LogP contribution in [0, 0.1) is 5.41 Å². The van der Waals surface area contributed by atoms with Gasteiger partial charge < -0.3 is 71.1 Å². The molecule has 4 aromatic carbocycles. The van der Waals surface area contributed by atoms with Crippen molar-refractivity contribution in [2.45, 2.75) is 137 Å². The highest BCUT2D eigenvalue weighted by atomic mass is 35.6. The van der Waals surface area contributed by atoms with E-state index in [0.717, 1.165) is 34.6 Å². The maximum atomic E-state index is 14.3. The first-order chi connectivity index (χ1) is 40.9. The summed E-state index contributed by atoms with van der Waals surface area (Å²) in [5.41, 5.74) is 0.135. The van der Waals surface area contributed by atoms with E-state index < -0.39 is 169 Å². The van der Waals surface area contributed by atoms with E-state index in [0.29, 0.717) is 0 Å². The van der Waals surface area contributed by atoms with Crippen LogP contribution in [0.15, 0.2) is 121 Å². The molecule has 0 bridgehead atoms. The minimum atomic E-state index is -2.55. The second-order valence-electron chi connectivity index (χ2n) is 19.2. The van der Waals surface area contributed by atoms with Crippen molar-refractivity contribution < 1.29 is 114 Å². The normalized spacial score (nSPS) is 27.1. The fourth-order valence-electron chi connectivity index (χ4n) is 9.18. The molecule has 0 amide bonds. The molecule has 15 atom stereocenters. The quantitative estimate of drug-likeness (QED) is 0.0341. The second kappa shape index (κ2) is 30.1. The zero-order chi connectivity index (χ0) is 62.4. The summed E-state index contributed by atoms with van der Waals surface area (Å²) >= 11 is 17.8. The Bertz CT molecular complexity index is 3050. The molecule has 0 spiro atoms. The van der Waals surface area contributed by atoms with Crippen molar-refractivity contribution in [2.75, 3.05) is 13.2 Å². The molecule has 460 valence electrons. The minimum absolute atomic E-state index is 0.0180. The van der Waals surface area contributed by atoms with E-state index in [4.69, 9.17) is 111 Å². The molecule has 0 aliphatic carbocycles. The maximum absolute atomic E-state index is 14.3. The average molecular weight is 1260 g/mol. The number of carbonyl (C=O) groups is 9. The van der Waals surface area contributed by atoms with Crippen LogP contribution in [0.5, 0.6) is 0 Å². The zero-order valence-corrected chi connectivity index (χ0v) is 48.8. The van der Waals surface area contributed by atoms with Gasteiger partial charge in [-0.15, -0.1) is 0 Å². The van der Waals surface area contributed by atoms with Crippen LogP contribution in [0.4, 0.5) is 0 Å². The van der Waals surface area contributed by atoms with Crippen LogP contribution < -0.4 is 0 Å². The first-order valence-electron chi connectivity index (χ1n) is 26.3. The van der Waals surface area contributed by atoms with Crippen LogP contribution in [0.2, 0.25) is 0 Å². The van der Waals surface area contributed by atoms with Gasteiger partial charge in [0.1, 0.15) is 24.9 Å². The Morgan fingerprint density at radius 3 is 1.17 bits per heavy atom. The topological polar surface area (TPSA) is 316 Å². The highest BCUT2D eigenvalue weighted by Crippen LogP contribution is 2.38. The summed E-state index contributed by atoms with van der Waals surface area (Å²) in [6, 6.07) is 30.6. The van der Waals surface area contributed by atoms with Crippen LogP contribution in [-0.2, 0) is 95.0 Å². The summed E-state index contributed by atoms with van der Waals surface area (Å²) in [5.74, 6) is -10.0. The van der Waals surface area contributed by atoms with Crippen molar-refractivity contribution in [2.24, 2.45) is 0 Å². The molecule has 3 saturated heterocycles. The summed E-state index contributed by atoms with van der Waals surface area (Å²) < 4.78 is 87.5. The standard InChI is InChI=1S/C58H58Cl3NO24/c1-29-41(82-51(69)36-21-13-8-14-22-36)44(83-52(70)37-23-15-9-16-24-37)49(84-53(71)38-25-17-10-18-26-38)55(74-29)85-43-39(27-72-50(68)35-19-11-7-12-20-35)80-54(47(78-33(5)66)46(43)77-32(4)65)73-28-40-42(75-30(2)63)45(76-31(3)64)48(79-34(6)67)56(81-40)86-57(62)58(59,60)61/h7-26,29,39-49,54-56,62H,27-28H2,1-6H3/t29-,39+,40+,41-,42+,43+,44+,45-,46-,47+,48+,49+,54+,55-,56+/m0/s1. The van der Waals surface area contributed by atoms with E-state index >= 15 is 0 Å². The van der Waals surface area contributed by atoms with Gasteiger partial charge in [0.15, 0.2) is 55.3 Å². The highest BCUT2D eigenvalue weighted by molar-refractivity contribution is 6.76. The summed E-state index contributed by atoms with van der Waals surface area (Å²) in [4.78, 5) is 121. The molecular formula is C58H58Cl3NO24. The molecule has 0 radical (unpaired) electrons. The lowest BCUT2D eigenvalue weighted by atomic mass is 9.95. The predicted octanol–water partition coefficient (Wildman–Crippen LogP) is 6.14. The van der Waals surface area contributed by atoms with Crippen molar-refractivity contribution in [3.63, 3.8) is 0 Å². The van der Waals surface area contributed by atoms with Gasteiger partial charge in [0.05, 0.1) is 35.0 Å². The minimum Gasteiger partial charge on any atom is -0.459 e. The average Bonchev–Trinajstić information content (AvgIpc) is 2.09. The molecule has 0 aromatic heterocycles. The van der Waals surface area contributed by atoms with Crippen molar-refractivity contribution >= 4 is 94.4 Å². The van der Waals surface area contributed by atoms with E-state index in [1.54, 1.807) is 72.8 Å². The number of nitrogens with one attached hydrogen (secondary N) is 1. The lowest BCUT2D eigenvalue weighted by Gasteiger charge is -2.49. The van der Waals surface area contributed by atoms with Gasteiger partial charge in [-0.25, -0.2) is 19.2 Å². The third kappa shape index (κ3) is 17.7. The first kappa shape index (κ1) is 65.8. The van der Waals surface area contributed by atoms with E-state index in [-0.39, 0.29) is 22.3 Å². The Morgan fingerprint density at radius 1 is 0.395 bits per heavy atom. The van der Waals surface area contributed by atoms with Gasteiger partial charge in [-0.05, 0) is 55.5 Å². The third-order valence-electron chi connectivity index (χ3n) is 12.8. The molecule has 4 aromatic rings. The van der Waals surface area contributed by atoms with Gasteiger partial charge in [-0.3, -0.25) is 29.4 Å². The molecule has 0 saturated carbocycles. The first-order valence-corrected chi connectivity index (χ1v) is 27.4. The Hall–Kier alpha value is -7.75. The van der Waals surface area contributed by atoms with Gasteiger partial charge in [0, 0.05) is 34.6 Å². The van der Waals surface area contributed by atoms with Crippen LogP contribution in [0.3, 0.4) is 0 Å². The Morgan fingerprint density at radius 2 is 0.733 bits per heavy atom. The number of hydrogen-bond acceptors (Lipinski definition) is 25. The third-order valence-corrected chi connectivity index (χ3v) is 13.3. The molecule has 3 aliphatic rings. The van der Waals surface area contributed by atoms with Gasteiger partial charge in [0.2, 0.25) is 18.3 Å².